The van der Waals surface area contributed by atoms with Crippen LogP contribution in [-0.2, 0) is 33.3 Å². The van der Waals surface area contributed by atoms with Crippen molar-refractivity contribution in [1.82, 2.24) is 4.98 Å². The average molecular weight is 554 g/mol. The monoisotopic (exact) mass is 553 g/mol. The molecule has 0 aliphatic heterocycles. The first-order valence-corrected chi connectivity index (χ1v) is 12.3. The van der Waals surface area contributed by atoms with Gasteiger partial charge in [0, 0.05) is 45.4 Å². The summed E-state index contributed by atoms with van der Waals surface area (Å²) in [4.78, 5) is 39.7. The van der Waals surface area contributed by atoms with Crippen LogP contribution in [0.15, 0.2) is 54.6 Å². The van der Waals surface area contributed by atoms with E-state index in [1.807, 2.05) is 30.3 Å². The van der Waals surface area contributed by atoms with E-state index in [0.29, 0.717) is 5.69 Å². The lowest BCUT2D eigenvalue weighted by atomic mass is 10.1. The summed E-state index contributed by atoms with van der Waals surface area (Å²) in [6, 6.07) is 15.2. The van der Waals surface area contributed by atoms with E-state index >= 15 is 0 Å². The molecule has 0 radical (unpaired) electrons. The summed E-state index contributed by atoms with van der Waals surface area (Å²) in [7, 11) is 1.27. The Labute approximate surface area is 230 Å². The van der Waals surface area contributed by atoms with Gasteiger partial charge in [-0.2, -0.15) is 0 Å². The van der Waals surface area contributed by atoms with E-state index in [1.165, 1.54) is 45.2 Å². The summed E-state index contributed by atoms with van der Waals surface area (Å²) in [5.41, 5.74) is 1.34. The van der Waals surface area contributed by atoms with Crippen molar-refractivity contribution in [3.05, 3.63) is 65.9 Å². The standard InChI is InChI=1S/C29H31NO10/c1-16(37-17(2)31)27(38-18(3)32)28(39-19(4)33)29(36-5)40-22-12-13-23(26(35)15-22)25(34)14-21-11-10-20-8-6-7-9-24(20)30-21/h6-16,27-29,34-35H,1-5H3/b25-14-/t16-,27+,28+,29+/m0/s1. The first-order valence-electron chi connectivity index (χ1n) is 12.3. The van der Waals surface area contributed by atoms with Crippen molar-refractivity contribution in [2.75, 3.05) is 7.11 Å². The number of para-hydroxylation sites is 1. The Hall–Kier alpha value is -4.64. The van der Waals surface area contributed by atoms with Crippen LogP contribution >= 0.6 is 0 Å². The van der Waals surface area contributed by atoms with Gasteiger partial charge < -0.3 is 33.9 Å². The summed E-state index contributed by atoms with van der Waals surface area (Å²) in [6.07, 6.45) is -3.63. The first kappa shape index (κ1) is 29.9. The van der Waals surface area contributed by atoms with E-state index in [2.05, 4.69) is 4.98 Å². The van der Waals surface area contributed by atoms with Crippen LogP contribution in [-0.4, -0.2) is 64.8 Å². The number of ether oxygens (including phenoxy) is 5. The number of aliphatic hydroxyl groups excluding tert-OH is 1. The van der Waals surface area contributed by atoms with Gasteiger partial charge in [0.15, 0.2) is 6.10 Å². The molecule has 0 saturated heterocycles. The topological polar surface area (TPSA) is 151 Å². The van der Waals surface area contributed by atoms with E-state index in [1.54, 1.807) is 6.07 Å². The Kier molecular flexibility index (Phi) is 10.0. The fraction of sp³-hybridized carbons (Fsp3) is 0.310. The highest BCUT2D eigenvalue weighted by Crippen LogP contribution is 2.31. The number of fused-ring (bicyclic) bond motifs is 1. The van der Waals surface area contributed by atoms with Crippen molar-refractivity contribution in [3.63, 3.8) is 0 Å². The Bertz CT molecular complexity index is 1400. The molecule has 0 aliphatic rings. The molecule has 0 amide bonds. The largest absolute Gasteiger partial charge is 0.507 e. The predicted molar refractivity (Wildman–Crippen MR) is 144 cm³/mol. The maximum absolute atomic E-state index is 11.9. The molecule has 11 heteroatoms. The van der Waals surface area contributed by atoms with Gasteiger partial charge in [-0.05, 0) is 31.2 Å². The second-order valence-corrected chi connectivity index (χ2v) is 8.82. The number of hydrogen-bond acceptors (Lipinski definition) is 11. The predicted octanol–water partition coefficient (Wildman–Crippen LogP) is 4.16. The smallest absolute Gasteiger partial charge is 0.303 e. The fourth-order valence-electron chi connectivity index (χ4n) is 3.98. The molecule has 2 aromatic carbocycles. The van der Waals surface area contributed by atoms with Crippen molar-refractivity contribution in [2.24, 2.45) is 0 Å². The van der Waals surface area contributed by atoms with E-state index in [9.17, 15) is 24.6 Å². The Morgan fingerprint density at radius 2 is 1.52 bits per heavy atom. The number of methoxy groups -OCH3 is 1. The lowest BCUT2D eigenvalue weighted by molar-refractivity contribution is -0.215. The molecule has 0 spiro atoms. The molecule has 0 bridgehead atoms. The summed E-state index contributed by atoms with van der Waals surface area (Å²) in [6.45, 7) is 4.92. The van der Waals surface area contributed by atoms with Gasteiger partial charge in [0.2, 0.25) is 12.4 Å². The maximum Gasteiger partial charge on any atom is 0.303 e. The molecular formula is C29H31NO10. The third-order valence-corrected chi connectivity index (χ3v) is 5.64. The highest BCUT2D eigenvalue weighted by atomic mass is 16.7. The van der Waals surface area contributed by atoms with Crippen molar-refractivity contribution in [1.29, 1.82) is 0 Å². The zero-order valence-electron chi connectivity index (χ0n) is 22.7. The highest BCUT2D eigenvalue weighted by Gasteiger charge is 2.41. The number of aromatic nitrogens is 1. The molecule has 1 aromatic heterocycles. The van der Waals surface area contributed by atoms with E-state index in [4.69, 9.17) is 23.7 Å². The van der Waals surface area contributed by atoms with Gasteiger partial charge in [0.25, 0.3) is 0 Å². The van der Waals surface area contributed by atoms with Crippen LogP contribution in [0.5, 0.6) is 11.5 Å². The summed E-state index contributed by atoms with van der Waals surface area (Å²) < 4.78 is 27.0. The molecule has 1 heterocycles. The van der Waals surface area contributed by atoms with Gasteiger partial charge in [-0.25, -0.2) is 4.98 Å². The van der Waals surface area contributed by atoms with Gasteiger partial charge in [-0.15, -0.1) is 0 Å². The molecule has 3 aromatic rings. The molecule has 0 aliphatic carbocycles. The molecule has 4 atom stereocenters. The summed E-state index contributed by atoms with van der Waals surface area (Å²) in [5.74, 6) is -2.59. The molecule has 0 fully saturated rings. The number of esters is 3. The number of aliphatic hydroxyl groups is 1. The van der Waals surface area contributed by atoms with Crippen molar-refractivity contribution in [3.8, 4) is 11.5 Å². The molecule has 2 N–H and O–H groups in total. The number of pyridine rings is 1. The van der Waals surface area contributed by atoms with Crippen LogP contribution in [0, 0.1) is 0 Å². The first-order chi connectivity index (χ1) is 19.0. The van der Waals surface area contributed by atoms with Gasteiger partial charge in [0.1, 0.15) is 23.4 Å². The van der Waals surface area contributed by atoms with Crippen molar-refractivity contribution in [2.45, 2.75) is 52.3 Å². The zero-order valence-corrected chi connectivity index (χ0v) is 22.7. The third-order valence-electron chi connectivity index (χ3n) is 5.64. The fourth-order valence-corrected chi connectivity index (χ4v) is 3.98. The second-order valence-electron chi connectivity index (χ2n) is 8.82. The summed E-state index contributed by atoms with van der Waals surface area (Å²) >= 11 is 0. The number of carbonyl (C=O) groups excluding carboxylic acids is 3. The van der Waals surface area contributed by atoms with Crippen LogP contribution in [0.3, 0.4) is 0 Å². The maximum atomic E-state index is 11.9. The second kappa shape index (κ2) is 13.4. The van der Waals surface area contributed by atoms with Crippen LogP contribution in [0.25, 0.3) is 22.7 Å². The summed E-state index contributed by atoms with van der Waals surface area (Å²) in [5, 5.41) is 22.3. The van der Waals surface area contributed by atoms with Gasteiger partial charge in [-0.1, -0.05) is 24.3 Å². The van der Waals surface area contributed by atoms with E-state index in [0.717, 1.165) is 24.8 Å². The zero-order chi connectivity index (χ0) is 29.4. The van der Waals surface area contributed by atoms with Gasteiger partial charge in [-0.3, -0.25) is 14.4 Å². The van der Waals surface area contributed by atoms with Gasteiger partial charge >= 0.3 is 17.9 Å². The number of rotatable bonds is 11. The Morgan fingerprint density at radius 1 is 0.875 bits per heavy atom. The highest BCUT2D eigenvalue weighted by molar-refractivity contribution is 5.83. The van der Waals surface area contributed by atoms with E-state index < -0.39 is 42.5 Å². The number of phenols is 1. The number of hydrogen-bond donors (Lipinski definition) is 2. The SMILES string of the molecule is CO[C@H](Oc1ccc(/C(O)=C/c2ccc3ccccc3n2)c(O)c1)[C@H](OC(C)=O)[C@H](OC(C)=O)[C@H](C)OC(C)=O. The molecule has 212 valence electrons. The molecule has 0 unspecified atom stereocenters. The quantitative estimate of drug-likeness (QED) is 0.152. The number of benzene rings is 2. The Balaban J connectivity index is 1.87. The number of phenolic OH excluding ortho intramolecular Hbond substituents is 1. The lowest BCUT2D eigenvalue weighted by Gasteiger charge is -2.34. The minimum Gasteiger partial charge on any atom is -0.507 e. The molecule has 40 heavy (non-hydrogen) atoms. The van der Waals surface area contributed by atoms with Crippen LogP contribution < -0.4 is 4.74 Å². The molecular weight excluding hydrogens is 522 g/mol. The molecule has 11 nitrogen and oxygen atoms in total. The average Bonchev–Trinajstić information content (AvgIpc) is 2.88. The van der Waals surface area contributed by atoms with Crippen molar-refractivity contribution < 1.29 is 48.3 Å². The molecule has 0 saturated carbocycles. The minimum absolute atomic E-state index is 0.0728. The van der Waals surface area contributed by atoms with Crippen LogP contribution in [0.1, 0.15) is 39.0 Å². The van der Waals surface area contributed by atoms with Crippen LogP contribution in [0.2, 0.25) is 0 Å². The van der Waals surface area contributed by atoms with Gasteiger partial charge in [0.05, 0.1) is 16.8 Å². The van der Waals surface area contributed by atoms with E-state index in [-0.39, 0.29) is 22.8 Å². The number of nitrogens with zero attached hydrogens (tertiary/aromatic N) is 1. The normalized spacial score (nSPS) is 14.5. The van der Waals surface area contributed by atoms with Crippen molar-refractivity contribution >= 4 is 40.6 Å². The minimum atomic E-state index is -1.37. The Morgan fingerprint density at radius 3 is 2.15 bits per heavy atom. The number of aromatic hydroxyl groups is 1. The lowest BCUT2D eigenvalue weighted by Crippen LogP contribution is -2.51. The van der Waals surface area contributed by atoms with Crippen LogP contribution in [0.4, 0.5) is 0 Å². The molecule has 3 rings (SSSR count). The third kappa shape index (κ3) is 7.93. The number of carbonyl (C=O) groups is 3.